The van der Waals surface area contributed by atoms with Crippen LogP contribution < -0.4 is 0 Å². The minimum absolute atomic E-state index is 0.0309. The molecule has 1 heterocycles. The Labute approximate surface area is 357 Å². The number of hydrogen-bond donors (Lipinski definition) is 4. The zero-order valence-electron chi connectivity index (χ0n) is 36.3. The van der Waals surface area contributed by atoms with Gasteiger partial charge in [0.1, 0.15) is 30.5 Å². The monoisotopic (exact) mass is 857 g/mol. The number of unbranched alkanes of at least 4 members (excludes halogenated alkanes) is 15. The van der Waals surface area contributed by atoms with E-state index in [1.807, 2.05) is 0 Å². The molecule has 0 saturated carbocycles. The van der Waals surface area contributed by atoms with Crippen molar-refractivity contribution in [3.05, 3.63) is 60.8 Å². The van der Waals surface area contributed by atoms with Crippen LogP contribution in [0.3, 0.4) is 0 Å². The number of carbonyl (C=O) groups excluding carboxylic acids is 1. The van der Waals surface area contributed by atoms with E-state index in [2.05, 4.69) is 78.8 Å². The fourth-order valence-corrected chi connectivity index (χ4v) is 7.03. The first-order valence-electron chi connectivity index (χ1n) is 22.5. The lowest BCUT2D eigenvalue weighted by molar-refractivity contribution is -0.301. The van der Waals surface area contributed by atoms with Gasteiger partial charge in [0.25, 0.3) is 0 Å². The number of esters is 1. The van der Waals surface area contributed by atoms with E-state index >= 15 is 0 Å². The molecule has 6 unspecified atom stereocenters. The molecule has 0 radical (unpaired) electrons. The summed E-state index contributed by atoms with van der Waals surface area (Å²) in [5.74, 6) is -0.413. The summed E-state index contributed by atoms with van der Waals surface area (Å²) >= 11 is 0. The summed E-state index contributed by atoms with van der Waals surface area (Å²) in [6, 6.07) is 0. The summed E-state index contributed by atoms with van der Waals surface area (Å²) in [5.41, 5.74) is 0. The molecule has 0 aliphatic carbocycles. The smallest absolute Gasteiger partial charge is 0.397 e. The molecule has 59 heavy (non-hydrogen) atoms. The van der Waals surface area contributed by atoms with E-state index in [1.165, 1.54) is 44.9 Å². The number of ether oxygens (including phenoxy) is 4. The first-order chi connectivity index (χ1) is 28.6. The zero-order chi connectivity index (χ0) is 43.2. The van der Waals surface area contributed by atoms with Crippen LogP contribution in [-0.2, 0) is 38.3 Å². The highest BCUT2D eigenvalue weighted by molar-refractivity contribution is 7.80. The van der Waals surface area contributed by atoms with Crippen molar-refractivity contribution in [2.45, 2.75) is 198 Å². The minimum Gasteiger partial charge on any atom is -0.457 e. The van der Waals surface area contributed by atoms with Crippen molar-refractivity contribution in [3.8, 4) is 0 Å². The third-order valence-corrected chi connectivity index (χ3v) is 10.4. The Bertz CT molecular complexity index is 1260. The van der Waals surface area contributed by atoms with Crippen LogP contribution in [0.2, 0.25) is 0 Å². The highest BCUT2D eigenvalue weighted by atomic mass is 32.3. The second kappa shape index (κ2) is 37.6. The van der Waals surface area contributed by atoms with Gasteiger partial charge in [0, 0.05) is 13.0 Å². The summed E-state index contributed by atoms with van der Waals surface area (Å²) in [4.78, 5) is 12.7. The number of aliphatic hydroxyl groups is 3. The number of aliphatic hydroxyl groups excluding tert-OH is 3. The zero-order valence-corrected chi connectivity index (χ0v) is 37.1. The summed E-state index contributed by atoms with van der Waals surface area (Å²) in [6.45, 7) is 3.77. The lowest BCUT2D eigenvalue weighted by Crippen LogP contribution is -2.60. The minimum atomic E-state index is -5.06. The van der Waals surface area contributed by atoms with E-state index in [4.69, 9.17) is 23.5 Å². The van der Waals surface area contributed by atoms with Crippen LogP contribution in [-0.4, -0.2) is 97.5 Å². The Morgan fingerprint density at radius 3 is 1.71 bits per heavy atom. The van der Waals surface area contributed by atoms with Crippen LogP contribution in [0.15, 0.2) is 60.8 Å². The van der Waals surface area contributed by atoms with Gasteiger partial charge in [-0.3, -0.25) is 9.35 Å². The molecule has 0 bridgehead atoms. The van der Waals surface area contributed by atoms with Gasteiger partial charge in [-0.25, -0.2) is 4.18 Å². The Hall–Kier alpha value is -2.20. The lowest BCUT2D eigenvalue weighted by atomic mass is 9.99. The largest absolute Gasteiger partial charge is 0.457 e. The van der Waals surface area contributed by atoms with Gasteiger partial charge in [-0.15, -0.1) is 0 Å². The van der Waals surface area contributed by atoms with Crippen molar-refractivity contribution in [2.75, 3.05) is 26.4 Å². The molecule has 0 aromatic heterocycles. The lowest BCUT2D eigenvalue weighted by Gasteiger charge is -2.41. The van der Waals surface area contributed by atoms with Crippen molar-refractivity contribution in [1.29, 1.82) is 0 Å². The molecule has 12 nitrogen and oxygen atoms in total. The van der Waals surface area contributed by atoms with Crippen molar-refractivity contribution < 1.29 is 56.2 Å². The van der Waals surface area contributed by atoms with Crippen molar-refractivity contribution >= 4 is 16.4 Å². The molecular weight excluding hydrogens is 777 g/mol. The summed E-state index contributed by atoms with van der Waals surface area (Å²) in [5, 5.41) is 30.5. The van der Waals surface area contributed by atoms with E-state index in [-0.39, 0.29) is 19.6 Å². The van der Waals surface area contributed by atoms with Gasteiger partial charge in [0.2, 0.25) is 0 Å². The molecule has 0 amide bonds. The van der Waals surface area contributed by atoms with Crippen molar-refractivity contribution in [2.24, 2.45) is 0 Å². The molecule has 0 aromatic rings. The van der Waals surface area contributed by atoms with E-state index in [9.17, 15) is 28.5 Å². The van der Waals surface area contributed by atoms with Crippen LogP contribution in [0.1, 0.15) is 162 Å². The Morgan fingerprint density at radius 1 is 0.661 bits per heavy atom. The first-order valence-corrected chi connectivity index (χ1v) is 23.9. The molecule has 4 N–H and O–H groups in total. The van der Waals surface area contributed by atoms with Crippen LogP contribution in [0, 0.1) is 0 Å². The maximum atomic E-state index is 12.7. The molecule has 13 heteroatoms. The Balaban J connectivity index is 2.25. The van der Waals surface area contributed by atoms with E-state index in [0.717, 1.165) is 89.9 Å². The molecule has 1 rings (SSSR count). The quantitative estimate of drug-likeness (QED) is 0.0201. The third kappa shape index (κ3) is 31.3. The van der Waals surface area contributed by atoms with Gasteiger partial charge in [-0.2, -0.15) is 8.42 Å². The number of hydrogen-bond acceptors (Lipinski definition) is 11. The predicted molar refractivity (Wildman–Crippen MR) is 234 cm³/mol. The predicted octanol–water partition coefficient (Wildman–Crippen LogP) is 9.35. The highest BCUT2D eigenvalue weighted by Gasteiger charge is 2.48. The molecule has 1 saturated heterocycles. The molecule has 1 fully saturated rings. The van der Waals surface area contributed by atoms with Crippen LogP contribution in [0.5, 0.6) is 0 Å². The SMILES string of the molecule is CC/C=C\C/C=C\C/C=C\C/C=C\C/C=C\CCCCCCCCCCCCOCC(COC1OC(CO)C(O)C(OS(=O)(=O)O)C1O)OC(=O)CCCCCCCC. The highest BCUT2D eigenvalue weighted by Crippen LogP contribution is 2.26. The second-order valence-electron chi connectivity index (χ2n) is 15.3. The van der Waals surface area contributed by atoms with Gasteiger partial charge in [-0.1, -0.05) is 158 Å². The van der Waals surface area contributed by atoms with Crippen LogP contribution in [0.25, 0.3) is 0 Å². The van der Waals surface area contributed by atoms with E-state index in [0.29, 0.717) is 13.0 Å². The Kier molecular flexibility index (Phi) is 34.9. The van der Waals surface area contributed by atoms with Gasteiger partial charge >= 0.3 is 16.4 Å². The summed E-state index contributed by atoms with van der Waals surface area (Å²) < 4.78 is 58.8. The Morgan fingerprint density at radius 2 is 1.17 bits per heavy atom. The normalized spacial score (nSPS) is 20.9. The molecule has 0 aromatic carbocycles. The fourth-order valence-electron chi connectivity index (χ4n) is 6.52. The standard InChI is InChI=1S/C46H80O12S/c1-3-5-7-9-11-12-13-14-15-16-17-18-19-20-21-22-23-24-25-26-27-28-29-30-32-34-36-54-38-40(56-42(48)35-33-31-10-8-6-4-2)39-55-46-44(50)45(58-59(51,52)53)43(49)41(37-47)57-46/h5,7,11-12,14-15,17-18,20-21,40-41,43-47,49-50H,3-4,6,8-10,13,16,19,22-39H2,1-2H3,(H,51,52,53)/b7-5-,12-11-,15-14-,18-17-,21-20-. The maximum absolute atomic E-state index is 12.7. The number of allylic oxidation sites excluding steroid dienone is 10. The van der Waals surface area contributed by atoms with Gasteiger partial charge in [-0.05, 0) is 57.8 Å². The van der Waals surface area contributed by atoms with Crippen LogP contribution in [0.4, 0.5) is 0 Å². The van der Waals surface area contributed by atoms with Gasteiger partial charge in [0.15, 0.2) is 6.29 Å². The average molecular weight is 857 g/mol. The average Bonchev–Trinajstić information content (AvgIpc) is 3.21. The third-order valence-electron chi connectivity index (χ3n) is 9.90. The van der Waals surface area contributed by atoms with Gasteiger partial charge in [0.05, 0.1) is 19.8 Å². The van der Waals surface area contributed by atoms with E-state index < -0.39 is 59.8 Å². The summed E-state index contributed by atoms with van der Waals surface area (Å²) in [6.07, 6.45) is 37.3. The fraction of sp³-hybridized carbons (Fsp3) is 0.761. The number of rotatable bonds is 38. The molecule has 0 spiro atoms. The van der Waals surface area contributed by atoms with Crippen molar-refractivity contribution in [1.82, 2.24) is 0 Å². The molecule has 1 aliphatic heterocycles. The topological polar surface area (TPSA) is 178 Å². The molecule has 342 valence electrons. The van der Waals surface area contributed by atoms with Crippen LogP contribution >= 0.6 is 0 Å². The summed E-state index contributed by atoms with van der Waals surface area (Å²) in [7, 11) is -5.06. The van der Waals surface area contributed by atoms with E-state index in [1.54, 1.807) is 0 Å². The molecule has 6 atom stereocenters. The number of carbonyl (C=O) groups is 1. The molecular formula is C46H80O12S. The maximum Gasteiger partial charge on any atom is 0.397 e. The van der Waals surface area contributed by atoms with Gasteiger partial charge < -0.3 is 34.3 Å². The second-order valence-corrected chi connectivity index (χ2v) is 16.3. The first kappa shape index (κ1) is 54.8. The van der Waals surface area contributed by atoms with Crippen molar-refractivity contribution in [3.63, 3.8) is 0 Å². The molecule has 1 aliphatic rings.